The minimum Gasteiger partial charge on any atom is -0.344 e. The molecule has 1 aromatic heterocycles. The number of hydrogen-bond acceptors (Lipinski definition) is 3. The second-order valence-electron chi connectivity index (χ2n) is 8.62. The van der Waals surface area contributed by atoms with Gasteiger partial charge in [0.15, 0.2) is 5.69 Å². The van der Waals surface area contributed by atoms with Crippen molar-refractivity contribution in [3.8, 4) is 0 Å². The average molecular weight is 450 g/mol. The van der Waals surface area contributed by atoms with Crippen LogP contribution in [0.25, 0.3) is 0 Å². The third-order valence-corrected chi connectivity index (χ3v) is 6.53. The third kappa shape index (κ3) is 4.25. The predicted molar refractivity (Wildman–Crippen MR) is 117 cm³/mol. The lowest BCUT2D eigenvalue weighted by molar-refractivity contribution is -0.131. The Balaban J connectivity index is 1.30. The number of aryl methyl sites for hydroxylation is 1. The summed E-state index contributed by atoms with van der Waals surface area (Å²) in [7, 11) is 0. The van der Waals surface area contributed by atoms with Crippen LogP contribution in [0.4, 0.5) is 8.78 Å². The molecule has 0 spiro atoms. The zero-order valence-corrected chi connectivity index (χ0v) is 18.0. The predicted octanol–water partition coefficient (Wildman–Crippen LogP) is 3.62. The SMILES string of the molecule is O=C(N[C@@H]1CCCc2ccccc21)c1n[nH]c2c1CN(C(=O)Cc1ccc(F)cc1F)CC2. The van der Waals surface area contributed by atoms with E-state index in [-0.39, 0.29) is 36.4 Å². The van der Waals surface area contributed by atoms with E-state index in [1.165, 1.54) is 11.6 Å². The van der Waals surface area contributed by atoms with E-state index in [4.69, 9.17) is 0 Å². The number of benzene rings is 2. The Labute approximate surface area is 190 Å². The minimum absolute atomic E-state index is 0.0717. The molecule has 0 fully saturated rings. The van der Waals surface area contributed by atoms with Gasteiger partial charge in [-0.2, -0.15) is 5.10 Å². The number of nitrogens with zero attached hydrogens (tertiary/aromatic N) is 2. The molecular weight excluding hydrogens is 426 g/mol. The van der Waals surface area contributed by atoms with Gasteiger partial charge in [-0.3, -0.25) is 14.7 Å². The number of hydrogen-bond donors (Lipinski definition) is 2. The van der Waals surface area contributed by atoms with E-state index in [2.05, 4.69) is 27.6 Å². The van der Waals surface area contributed by atoms with Gasteiger partial charge in [-0.05, 0) is 42.0 Å². The van der Waals surface area contributed by atoms with Crippen LogP contribution in [0, 0.1) is 11.6 Å². The molecule has 0 radical (unpaired) electrons. The van der Waals surface area contributed by atoms with Gasteiger partial charge in [0.2, 0.25) is 5.91 Å². The summed E-state index contributed by atoms with van der Waals surface area (Å²) < 4.78 is 27.1. The first-order valence-corrected chi connectivity index (χ1v) is 11.2. The van der Waals surface area contributed by atoms with Crippen LogP contribution in [-0.2, 0) is 30.6 Å². The van der Waals surface area contributed by atoms with Crippen molar-refractivity contribution in [2.45, 2.75) is 44.7 Å². The smallest absolute Gasteiger partial charge is 0.272 e. The van der Waals surface area contributed by atoms with Gasteiger partial charge in [-0.25, -0.2) is 8.78 Å². The highest BCUT2D eigenvalue weighted by Crippen LogP contribution is 2.30. The fourth-order valence-electron chi connectivity index (χ4n) is 4.77. The van der Waals surface area contributed by atoms with E-state index in [0.717, 1.165) is 42.7 Å². The maximum absolute atomic E-state index is 14.0. The minimum atomic E-state index is -0.739. The lowest BCUT2D eigenvalue weighted by Gasteiger charge is -2.28. The summed E-state index contributed by atoms with van der Waals surface area (Å²) in [5.41, 5.74) is 4.35. The van der Waals surface area contributed by atoms with E-state index in [0.29, 0.717) is 24.2 Å². The van der Waals surface area contributed by atoms with Gasteiger partial charge in [-0.15, -0.1) is 0 Å². The van der Waals surface area contributed by atoms with Crippen molar-refractivity contribution in [2.75, 3.05) is 6.54 Å². The molecular formula is C25H24F2N4O2. The van der Waals surface area contributed by atoms with Crippen LogP contribution in [0.1, 0.15) is 57.3 Å². The Kier molecular flexibility index (Phi) is 5.66. The fourth-order valence-corrected chi connectivity index (χ4v) is 4.77. The van der Waals surface area contributed by atoms with Crippen LogP contribution < -0.4 is 5.32 Å². The van der Waals surface area contributed by atoms with Crippen LogP contribution in [0.2, 0.25) is 0 Å². The summed E-state index contributed by atoms with van der Waals surface area (Å²) in [6, 6.07) is 11.3. The molecule has 0 bridgehead atoms. The number of aromatic nitrogens is 2. The quantitative estimate of drug-likeness (QED) is 0.637. The van der Waals surface area contributed by atoms with Gasteiger partial charge in [-0.1, -0.05) is 30.3 Å². The van der Waals surface area contributed by atoms with Gasteiger partial charge < -0.3 is 10.2 Å². The van der Waals surface area contributed by atoms with Crippen molar-refractivity contribution < 1.29 is 18.4 Å². The number of amides is 2. The number of aromatic amines is 1. The topological polar surface area (TPSA) is 78.1 Å². The first-order chi connectivity index (χ1) is 16.0. The van der Waals surface area contributed by atoms with E-state index < -0.39 is 11.6 Å². The highest BCUT2D eigenvalue weighted by atomic mass is 19.1. The summed E-state index contributed by atoms with van der Waals surface area (Å²) in [6.45, 7) is 0.658. The Bertz CT molecular complexity index is 1220. The summed E-state index contributed by atoms with van der Waals surface area (Å²) in [5.74, 6) is -1.97. The maximum Gasteiger partial charge on any atom is 0.272 e. The van der Waals surface area contributed by atoms with Gasteiger partial charge in [0.05, 0.1) is 12.5 Å². The van der Waals surface area contributed by atoms with Crippen LogP contribution >= 0.6 is 0 Å². The highest BCUT2D eigenvalue weighted by Gasteiger charge is 2.30. The number of H-pyrrole nitrogens is 1. The Morgan fingerprint density at radius 2 is 2.00 bits per heavy atom. The molecule has 0 saturated heterocycles. The van der Waals surface area contributed by atoms with Crippen molar-refractivity contribution in [1.82, 2.24) is 20.4 Å². The normalized spacial score (nSPS) is 17.3. The van der Waals surface area contributed by atoms with Crippen LogP contribution in [0.5, 0.6) is 0 Å². The Morgan fingerprint density at radius 3 is 2.85 bits per heavy atom. The largest absolute Gasteiger partial charge is 0.344 e. The molecule has 3 aromatic rings. The molecule has 0 unspecified atom stereocenters. The molecule has 2 N–H and O–H groups in total. The first kappa shape index (κ1) is 21.3. The van der Waals surface area contributed by atoms with Gasteiger partial charge in [0.25, 0.3) is 5.91 Å². The molecule has 2 aliphatic rings. The average Bonchev–Trinajstić information content (AvgIpc) is 3.24. The zero-order valence-electron chi connectivity index (χ0n) is 18.0. The second kappa shape index (κ2) is 8.77. The number of carbonyl (C=O) groups excluding carboxylic acids is 2. The summed E-state index contributed by atoms with van der Waals surface area (Å²) in [6.07, 6.45) is 3.23. The molecule has 8 heteroatoms. The highest BCUT2D eigenvalue weighted by molar-refractivity contribution is 5.94. The van der Waals surface area contributed by atoms with E-state index in [1.54, 1.807) is 4.90 Å². The molecule has 5 rings (SSSR count). The Morgan fingerprint density at radius 1 is 1.15 bits per heavy atom. The fraction of sp³-hybridized carbons (Fsp3) is 0.320. The maximum atomic E-state index is 14.0. The van der Waals surface area contributed by atoms with Crippen molar-refractivity contribution in [1.29, 1.82) is 0 Å². The molecule has 1 atom stereocenters. The molecule has 2 aromatic carbocycles. The van der Waals surface area contributed by atoms with Crippen LogP contribution in [-0.4, -0.2) is 33.5 Å². The molecule has 33 heavy (non-hydrogen) atoms. The van der Waals surface area contributed by atoms with Crippen molar-refractivity contribution in [3.05, 3.63) is 87.7 Å². The van der Waals surface area contributed by atoms with E-state index in [9.17, 15) is 18.4 Å². The van der Waals surface area contributed by atoms with Gasteiger partial charge in [0, 0.05) is 36.8 Å². The van der Waals surface area contributed by atoms with Crippen LogP contribution in [0.3, 0.4) is 0 Å². The number of carbonyl (C=O) groups is 2. The van der Waals surface area contributed by atoms with Gasteiger partial charge in [0.1, 0.15) is 11.6 Å². The molecule has 0 saturated carbocycles. The summed E-state index contributed by atoms with van der Waals surface area (Å²) in [4.78, 5) is 27.5. The standard InChI is InChI=1S/C25H24F2N4O2/c26-17-9-8-16(20(27)13-17)12-23(32)31-11-10-22-19(14-31)24(30-29-22)25(33)28-21-7-3-5-15-4-1-2-6-18(15)21/h1-2,4,6,8-9,13,21H,3,5,7,10-12,14H2,(H,28,33)(H,29,30)/t21-/m1/s1. The molecule has 170 valence electrons. The molecule has 2 heterocycles. The molecule has 1 aliphatic carbocycles. The lowest BCUT2D eigenvalue weighted by Crippen LogP contribution is -2.38. The molecule has 6 nitrogen and oxygen atoms in total. The monoisotopic (exact) mass is 450 g/mol. The van der Waals surface area contributed by atoms with Crippen molar-refractivity contribution >= 4 is 11.8 Å². The van der Waals surface area contributed by atoms with E-state index >= 15 is 0 Å². The molecule has 1 aliphatic heterocycles. The van der Waals surface area contributed by atoms with Crippen molar-refractivity contribution in [3.63, 3.8) is 0 Å². The number of fused-ring (bicyclic) bond motifs is 2. The number of rotatable bonds is 4. The Hall–Kier alpha value is -3.55. The third-order valence-electron chi connectivity index (χ3n) is 6.53. The second-order valence-corrected chi connectivity index (χ2v) is 8.62. The van der Waals surface area contributed by atoms with Gasteiger partial charge >= 0.3 is 0 Å². The van der Waals surface area contributed by atoms with Crippen LogP contribution in [0.15, 0.2) is 42.5 Å². The number of halogens is 2. The summed E-state index contributed by atoms with van der Waals surface area (Å²) in [5, 5.41) is 10.3. The lowest BCUT2D eigenvalue weighted by atomic mass is 9.87. The van der Waals surface area contributed by atoms with E-state index in [1.807, 2.05) is 12.1 Å². The van der Waals surface area contributed by atoms with Crippen molar-refractivity contribution in [2.24, 2.45) is 0 Å². The first-order valence-electron chi connectivity index (χ1n) is 11.2. The zero-order chi connectivity index (χ0) is 22.9. The molecule has 2 amide bonds. The number of nitrogens with one attached hydrogen (secondary N) is 2. The summed E-state index contributed by atoms with van der Waals surface area (Å²) >= 11 is 0.